The van der Waals surface area contributed by atoms with Gasteiger partial charge in [0.25, 0.3) is 5.69 Å². The molecule has 8 nitrogen and oxygen atoms in total. The molecule has 2 atom stereocenters. The second-order valence-corrected chi connectivity index (χ2v) is 3.34. The Balaban J connectivity index is 2.89. The van der Waals surface area contributed by atoms with Gasteiger partial charge in [-0.2, -0.15) is 0 Å². The molecule has 0 aliphatic rings. The van der Waals surface area contributed by atoms with Gasteiger partial charge < -0.3 is 14.9 Å². The maximum Gasteiger partial charge on any atom is 0.338 e. The van der Waals surface area contributed by atoms with Gasteiger partial charge in [-0.3, -0.25) is 15.1 Å². The van der Waals surface area contributed by atoms with Crippen LogP contribution >= 0.6 is 0 Å². The van der Waals surface area contributed by atoms with Gasteiger partial charge in [-0.05, 0) is 6.92 Å². The summed E-state index contributed by atoms with van der Waals surface area (Å²) in [6.07, 6.45) is -2.41. The van der Waals surface area contributed by atoms with Crippen LogP contribution in [0.15, 0.2) is 18.3 Å². The minimum Gasteiger partial charge on any atom is -0.464 e. The lowest BCUT2D eigenvalue weighted by atomic mass is 10.1. The Labute approximate surface area is 102 Å². The maximum atomic E-state index is 11.2. The molecule has 0 aliphatic heterocycles. The molecule has 0 saturated carbocycles. The molecule has 98 valence electrons. The van der Waals surface area contributed by atoms with E-state index in [0.717, 1.165) is 18.3 Å². The van der Waals surface area contributed by atoms with E-state index in [1.807, 2.05) is 0 Å². The molecule has 2 unspecified atom stereocenters. The summed E-state index contributed by atoms with van der Waals surface area (Å²) in [7, 11) is 0. The number of pyridine rings is 1. The highest BCUT2D eigenvalue weighted by Gasteiger charge is 2.28. The van der Waals surface area contributed by atoms with Gasteiger partial charge in [0.15, 0.2) is 6.10 Å². The maximum absolute atomic E-state index is 11.2. The minimum atomic E-state index is -1.83. The van der Waals surface area contributed by atoms with Crippen molar-refractivity contribution in [1.82, 2.24) is 4.98 Å². The molecule has 0 spiro atoms. The lowest BCUT2D eigenvalue weighted by Gasteiger charge is -2.15. The molecule has 1 aromatic rings. The van der Waals surface area contributed by atoms with Gasteiger partial charge in [0.05, 0.1) is 17.2 Å². The Morgan fingerprint density at radius 2 is 2.28 bits per heavy atom. The van der Waals surface area contributed by atoms with Crippen molar-refractivity contribution in [2.24, 2.45) is 0 Å². The molecular formula is C10H12N2O6. The van der Waals surface area contributed by atoms with E-state index in [2.05, 4.69) is 9.72 Å². The van der Waals surface area contributed by atoms with E-state index in [9.17, 15) is 25.1 Å². The fourth-order valence-electron chi connectivity index (χ4n) is 1.23. The number of nitrogens with zero attached hydrogens (tertiary/aromatic N) is 2. The zero-order valence-corrected chi connectivity index (χ0v) is 9.52. The van der Waals surface area contributed by atoms with Gasteiger partial charge in [-0.25, -0.2) is 4.79 Å². The largest absolute Gasteiger partial charge is 0.464 e. The zero-order valence-electron chi connectivity index (χ0n) is 9.52. The smallest absolute Gasteiger partial charge is 0.338 e. The Kier molecular flexibility index (Phi) is 4.69. The van der Waals surface area contributed by atoms with Gasteiger partial charge in [-0.15, -0.1) is 0 Å². The fourth-order valence-corrected chi connectivity index (χ4v) is 1.23. The van der Waals surface area contributed by atoms with Gasteiger partial charge in [0, 0.05) is 18.3 Å². The molecule has 1 heterocycles. The third-order valence-electron chi connectivity index (χ3n) is 2.11. The number of hydrogen-bond donors (Lipinski definition) is 2. The number of carbonyl (C=O) groups excluding carboxylic acids is 1. The van der Waals surface area contributed by atoms with Gasteiger partial charge in [0.1, 0.15) is 6.10 Å². The molecule has 1 aromatic heterocycles. The second kappa shape index (κ2) is 6.03. The van der Waals surface area contributed by atoms with Crippen LogP contribution in [-0.2, 0) is 9.53 Å². The molecular weight excluding hydrogens is 244 g/mol. The van der Waals surface area contributed by atoms with Crippen LogP contribution in [-0.4, -0.2) is 38.8 Å². The number of nitro groups is 1. The van der Waals surface area contributed by atoms with Crippen molar-refractivity contribution in [3.05, 3.63) is 34.1 Å². The van der Waals surface area contributed by atoms with Crippen LogP contribution in [0.25, 0.3) is 0 Å². The summed E-state index contributed by atoms with van der Waals surface area (Å²) in [5.41, 5.74) is -0.472. The molecule has 0 amide bonds. The SMILES string of the molecule is CCOC(=O)C(O)C(O)c1cc([N+](=O)[O-])ccn1. The number of aliphatic hydroxyl groups is 2. The van der Waals surface area contributed by atoms with Crippen molar-refractivity contribution in [3.8, 4) is 0 Å². The zero-order chi connectivity index (χ0) is 13.7. The monoisotopic (exact) mass is 256 g/mol. The summed E-state index contributed by atoms with van der Waals surface area (Å²) >= 11 is 0. The first-order valence-electron chi connectivity index (χ1n) is 5.10. The van der Waals surface area contributed by atoms with Crippen LogP contribution in [0.1, 0.15) is 18.7 Å². The van der Waals surface area contributed by atoms with Gasteiger partial charge in [-0.1, -0.05) is 0 Å². The topological polar surface area (TPSA) is 123 Å². The van der Waals surface area contributed by atoms with Gasteiger partial charge >= 0.3 is 5.97 Å². The first kappa shape index (κ1) is 14.0. The van der Waals surface area contributed by atoms with Crippen molar-refractivity contribution in [2.75, 3.05) is 6.61 Å². The highest BCUT2D eigenvalue weighted by molar-refractivity contribution is 5.75. The standard InChI is InChI=1S/C10H12N2O6/c1-2-18-10(15)9(14)8(13)7-5-6(12(16)17)3-4-11-7/h3-5,8-9,13-14H,2H2,1H3. The van der Waals surface area contributed by atoms with Crippen molar-refractivity contribution >= 4 is 11.7 Å². The van der Waals surface area contributed by atoms with E-state index >= 15 is 0 Å². The lowest BCUT2D eigenvalue weighted by molar-refractivity contribution is -0.385. The highest BCUT2D eigenvalue weighted by atomic mass is 16.6. The minimum absolute atomic E-state index is 0.0466. The van der Waals surface area contributed by atoms with Crippen LogP contribution in [0.4, 0.5) is 5.69 Å². The summed E-state index contributed by atoms with van der Waals surface area (Å²) in [6.45, 7) is 1.59. The Morgan fingerprint density at radius 3 is 2.83 bits per heavy atom. The van der Waals surface area contributed by atoms with Crippen molar-refractivity contribution < 1.29 is 24.7 Å². The molecule has 0 aromatic carbocycles. The summed E-state index contributed by atoms with van der Waals surface area (Å²) in [4.78, 5) is 24.7. The van der Waals surface area contributed by atoms with Crippen molar-refractivity contribution in [3.63, 3.8) is 0 Å². The normalized spacial score (nSPS) is 13.7. The molecule has 2 N–H and O–H groups in total. The summed E-state index contributed by atoms with van der Waals surface area (Å²) in [5.74, 6) is -1.02. The number of hydrogen-bond acceptors (Lipinski definition) is 7. The van der Waals surface area contributed by atoms with E-state index in [4.69, 9.17) is 0 Å². The molecule has 8 heteroatoms. The van der Waals surface area contributed by atoms with E-state index in [0.29, 0.717) is 0 Å². The van der Waals surface area contributed by atoms with E-state index < -0.39 is 23.1 Å². The van der Waals surface area contributed by atoms with Crippen LogP contribution in [0, 0.1) is 10.1 Å². The van der Waals surface area contributed by atoms with E-state index in [1.54, 1.807) is 6.92 Å². The number of ether oxygens (including phenoxy) is 1. The fraction of sp³-hybridized carbons (Fsp3) is 0.400. The predicted molar refractivity (Wildman–Crippen MR) is 58.5 cm³/mol. The number of carbonyl (C=O) groups is 1. The van der Waals surface area contributed by atoms with Crippen LogP contribution < -0.4 is 0 Å². The van der Waals surface area contributed by atoms with E-state index in [-0.39, 0.29) is 18.0 Å². The highest BCUT2D eigenvalue weighted by Crippen LogP contribution is 2.19. The molecule has 1 rings (SSSR count). The molecule has 0 aliphatic carbocycles. The molecule has 18 heavy (non-hydrogen) atoms. The first-order chi connectivity index (χ1) is 8.47. The van der Waals surface area contributed by atoms with Crippen LogP contribution in [0.2, 0.25) is 0 Å². The predicted octanol–water partition coefficient (Wildman–Crippen LogP) is -0.0528. The summed E-state index contributed by atoms with van der Waals surface area (Å²) in [6, 6.07) is 2.11. The average Bonchev–Trinajstić information content (AvgIpc) is 2.37. The quantitative estimate of drug-likeness (QED) is 0.430. The Hall–Kier alpha value is -2.06. The molecule has 0 bridgehead atoms. The molecule has 0 radical (unpaired) electrons. The second-order valence-electron chi connectivity index (χ2n) is 3.34. The summed E-state index contributed by atoms with van der Waals surface area (Å²) < 4.78 is 4.51. The Bertz CT molecular complexity index is 450. The molecule has 0 fully saturated rings. The summed E-state index contributed by atoms with van der Waals surface area (Å²) in [5, 5.41) is 29.6. The van der Waals surface area contributed by atoms with Gasteiger partial charge in [0.2, 0.25) is 0 Å². The van der Waals surface area contributed by atoms with Crippen LogP contribution in [0.3, 0.4) is 0 Å². The third kappa shape index (κ3) is 3.22. The average molecular weight is 256 g/mol. The van der Waals surface area contributed by atoms with Crippen LogP contribution in [0.5, 0.6) is 0 Å². The molecule has 0 saturated heterocycles. The number of aliphatic hydroxyl groups excluding tert-OH is 2. The van der Waals surface area contributed by atoms with Crippen molar-refractivity contribution in [2.45, 2.75) is 19.1 Å². The number of rotatable bonds is 5. The first-order valence-corrected chi connectivity index (χ1v) is 5.10. The lowest BCUT2D eigenvalue weighted by Crippen LogP contribution is -2.30. The van der Waals surface area contributed by atoms with E-state index in [1.165, 1.54) is 0 Å². The third-order valence-corrected chi connectivity index (χ3v) is 2.11. The number of esters is 1. The Morgan fingerprint density at radius 1 is 1.61 bits per heavy atom. The number of aromatic nitrogens is 1. The van der Waals surface area contributed by atoms with Crippen molar-refractivity contribution in [1.29, 1.82) is 0 Å².